The molecule has 60 heavy (non-hydrogen) atoms. The van der Waals surface area contributed by atoms with Crippen LogP contribution in [0.2, 0.25) is 0 Å². The molecule has 0 saturated carbocycles. The molecule has 5 heteroatoms. The van der Waals surface area contributed by atoms with Gasteiger partial charge in [0, 0.05) is 44.9 Å². The van der Waals surface area contributed by atoms with E-state index in [1.165, 1.54) is 118 Å². The Morgan fingerprint density at radius 2 is 1.02 bits per heavy atom. The molecule has 6 aliphatic heterocycles. The molecule has 0 saturated heterocycles. The van der Waals surface area contributed by atoms with Crippen LogP contribution in [-0.4, -0.2) is 4.57 Å². The van der Waals surface area contributed by atoms with Gasteiger partial charge < -0.3 is 4.90 Å². The fourth-order valence-electron chi connectivity index (χ4n) is 12.7. The minimum absolute atomic E-state index is 0.0826. The van der Waals surface area contributed by atoms with Crippen molar-refractivity contribution in [3.8, 4) is 17.2 Å². The third kappa shape index (κ3) is 3.35. The van der Waals surface area contributed by atoms with Gasteiger partial charge in [0.05, 0.1) is 17.1 Å². The highest BCUT2D eigenvalue weighted by Crippen LogP contribution is 2.68. The topological polar surface area (TPSA) is 19.2 Å². The van der Waals surface area contributed by atoms with Crippen molar-refractivity contribution >= 4 is 56.1 Å². The maximum Gasteiger partial charge on any atom is 0.319 e. The number of hydrogen-bond acceptors (Lipinski definition) is 2. The Morgan fingerprint density at radius 1 is 0.467 bits per heavy atom. The lowest BCUT2D eigenvalue weighted by Gasteiger charge is -2.52. The molecule has 0 aliphatic carbocycles. The molecule has 0 fully saturated rings. The van der Waals surface area contributed by atoms with Crippen LogP contribution in [0.4, 0.5) is 34.3 Å². The van der Waals surface area contributed by atoms with Crippen molar-refractivity contribution < 1.29 is 9.13 Å². The van der Waals surface area contributed by atoms with E-state index in [4.69, 9.17) is 0 Å². The number of nitrogens with zero attached hydrogens (tertiary/aromatic N) is 5. The molecule has 1 atom stereocenters. The molecule has 6 aliphatic rings. The highest BCUT2D eigenvalue weighted by atomic mass is 15.5. The van der Waals surface area contributed by atoms with Crippen LogP contribution >= 0.6 is 0 Å². The van der Waals surface area contributed by atoms with Crippen molar-refractivity contribution in [2.45, 2.75) is 96.6 Å². The Hall–Kier alpha value is -6.20. The molecule has 9 heterocycles. The summed E-state index contributed by atoms with van der Waals surface area (Å²) < 4.78 is 8.26. The highest BCUT2D eigenvalue weighted by Gasteiger charge is 2.72. The van der Waals surface area contributed by atoms with Gasteiger partial charge in [-0.25, -0.2) is 0 Å². The van der Waals surface area contributed by atoms with E-state index in [1.54, 1.807) is 0 Å². The van der Waals surface area contributed by atoms with Crippen molar-refractivity contribution in [1.82, 2.24) is 4.57 Å². The van der Waals surface area contributed by atoms with Gasteiger partial charge in [0.2, 0.25) is 0 Å². The van der Waals surface area contributed by atoms with Gasteiger partial charge in [0.1, 0.15) is 22.3 Å². The molecular formula is C55H49N5+2. The van der Waals surface area contributed by atoms with E-state index >= 15 is 0 Å². The number of anilines is 6. The molecule has 5 aromatic carbocycles. The molecule has 0 radical (unpaired) electrons. The predicted molar refractivity (Wildman–Crippen MR) is 243 cm³/mol. The normalized spacial score (nSPS) is 19.4. The van der Waals surface area contributed by atoms with Gasteiger partial charge in [-0.15, -0.1) is 0 Å². The summed E-state index contributed by atoms with van der Waals surface area (Å²) in [5.74, 6) is 2.47. The summed E-state index contributed by atoms with van der Waals surface area (Å²) in [6, 6.07) is 45.3. The Morgan fingerprint density at radius 3 is 1.68 bits per heavy atom. The first-order valence-corrected chi connectivity index (χ1v) is 21.9. The summed E-state index contributed by atoms with van der Waals surface area (Å²) in [5.41, 5.74) is 21.2. The number of benzene rings is 5. The molecule has 0 N–H and O–H groups in total. The van der Waals surface area contributed by atoms with Crippen LogP contribution in [0.25, 0.3) is 39.0 Å². The zero-order chi connectivity index (χ0) is 40.9. The number of aromatic nitrogens is 3. The monoisotopic (exact) mass is 779 g/mol. The first-order valence-electron chi connectivity index (χ1n) is 21.9. The van der Waals surface area contributed by atoms with Crippen molar-refractivity contribution in [1.29, 1.82) is 0 Å². The average molecular weight is 780 g/mol. The summed E-state index contributed by atoms with van der Waals surface area (Å²) in [6.45, 7) is 24.0. The molecule has 14 rings (SSSR count). The largest absolute Gasteiger partial charge is 0.319 e. The van der Waals surface area contributed by atoms with E-state index in [9.17, 15) is 0 Å². The molecule has 0 bridgehead atoms. The van der Waals surface area contributed by atoms with Crippen molar-refractivity contribution in [3.05, 3.63) is 160 Å². The van der Waals surface area contributed by atoms with E-state index in [-0.39, 0.29) is 21.7 Å². The molecule has 292 valence electrons. The van der Waals surface area contributed by atoms with Crippen LogP contribution < -0.4 is 18.9 Å². The van der Waals surface area contributed by atoms with E-state index in [1.807, 2.05) is 0 Å². The van der Waals surface area contributed by atoms with Crippen LogP contribution in [0.1, 0.15) is 114 Å². The molecule has 3 aromatic heterocycles. The number of rotatable bonds is 0. The Bertz CT molecular complexity index is 3420. The molecule has 8 aromatic rings. The van der Waals surface area contributed by atoms with Gasteiger partial charge in [-0.05, 0) is 81.6 Å². The van der Waals surface area contributed by atoms with Crippen LogP contribution in [-0.2, 0) is 27.3 Å². The average Bonchev–Trinajstić information content (AvgIpc) is 3.71. The van der Waals surface area contributed by atoms with E-state index < -0.39 is 5.66 Å². The number of hydrogen-bond donors (Lipinski definition) is 0. The maximum absolute atomic E-state index is 2.80. The highest BCUT2D eigenvalue weighted by molar-refractivity contribution is 6.15. The predicted octanol–water partition coefficient (Wildman–Crippen LogP) is 12.4. The van der Waals surface area contributed by atoms with E-state index in [0.29, 0.717) is 0 Å². The van der Waals surface area contributed by atoms with Crippen molar-refractivity contribution in [3.63, 3.8) is 0 Å². The lowest BCUT2D eigenvalue weighted by molar-refractivity contribution is -0.931. The van der Waals surface area contributed by atoms with Gasteiger partial charge in [-0.2, -0.15) is 18.6 Å². The third-order valence-electron chi connectivity index (χ3n) is 15.6. The Labute approximate surface area is 351 Å². The van der Waals surface area contributed by atoms with E-state index in [2.05, 4.69) is 208 Å². The van der Waals surface area contributed by atoms with Crippen molar-refractivity contribution in [2.75, 3.05) is 9.80 Å². The van der Waals surface area contributed by atoms with E-state index in [0.717, 1.165) is 0 Å². The van der Waals surface area contributed by atoms with Gasteiger partial charge in [0.25, 0.3) is 11.6 Å². The maximum atomic E-state index is 2.80. The molecule has 1 spiro atoms. The zero-order valence-electron chi connectivity index (χ0n) is 36.2. The Balaban J connectivity index is 1.32. The van der Waals surface area contributed by atoms with Gasteiger partial charge >= 0.3 is 5.66 Å². The SMILES string of the molecule is CC(C)(C)c1cc2[n+]3c(c1)N1c4ccccc4C(C)(C)c4ccc5c(c41)C31c3c4c(cc6c7ccccc7n(c36)-c3cc(C(C)(C)C)cc-2[n+]31)C(C)(C)c1ccccc1N54. The summed E-state index contributed by atoms with van der Waals surface area (Å²) in [6.07, 6.45) is 0. The number of fused-ring (bicyclic) bond motifs is 11. The minimum atomic E-state index is -0.714. The molecule has 1 unspecified atom stereocenters. The minimum Gasteiger partial charge on any atom is -0.308 e. The summed E-state index contributed by atoms with van der Waals surface area (Å²) in [4.78, 5) is 5.35. The van der Waals surface area contributed by atoms with Crippen molar-refractivity contribution in [2.24, 2.45) is 0 Å². The quantitative estimate of drug-likeness (QED) is 0.143. The second kappa shape index (κ2) is 9.71. The third-order valence-corrected chi connectivity index (χ3v) is 15.6. The van der Waals surface area contributed by atoms with Gasteiger partial charge in [-0.1, -0.05) is 124 Å². The molecule has 5 nitrogen and oxygen atoms in total. The zero-order valence-corrected chi connectivity index (χ0v) is 36.2. The lowest BCUT2D eigenvalue weighted by atomic mass is 9.66. The lowest BCUT2D eigenvalue weighted by Crippen LogP contribution is -2.77. The summed E-state index contributed by atoms with van der Waals surface area (Å²) in [5, 5.41) is 2.64. The standard InChI is InChI=1S/C55H49N5/c1-51(2,3)30-25-42-43-26-31(52(4,5)6)28-45-58-40-22-16-13-19-35(40)53(7,8)36-23-24-41-46(49(36)58)55(60(43)45)47-48-33(32-17-11-14-20-38(32)57(48)44(27-30)59(42)55)29-37-50(47)56(41)39-21-15-12-18-34(39)54(37,9)10/h11-29H,1-10H3/q+2. The number of pyridine rings is 2. The first-order chi connectivity index (χ1) is 28.6. The van der Waals surface area contributed by atoms with Gasteiger partial charge in [-0.3, -0.25) is 0 Å². The van der Waals surface area contributed by atoms with Crippen LogP contribution in [0.3, 0.4) is 0 Å². The molecule has 0 amide bonds. The molecular weight excluding hydrogens is 731 g/mol. The fraction of sp³-hybridized carbons (Fsp3) is 0.273. The van der Waals surface area contributed by atoms with Gasteiger partial charge in [0.15, 0.2) is 22.6 Å². The smallest absolute Gasteiger partial charge is 0.308 e. The van der Waals surface area contributed by atoms with Crippen LogP contribution in [0.15, 0.2) is 115 Å². The summed E-state index contributed by atoms with van der Waals surface area (Å²) in [7, 11) is 0. The first kappa shape index (κ1) is 33.6. The van der Waals surface area contributed by atoms with Crippen LogP contribution in [0, 0.1) is 0 Å². The Kier molecular flexibility index (Phi) is 5.44. The number of para-hydroxylation sites is 3. The second-order valence-corrected chi connectivity index (χ2v) is 21.5. The second-order valence-electron chi connectivity index (χ2n) is 21.5. The summed E-state index contributed by atoms with van der Waals surface area (Å²) >= 11 is 0. The fourth-order valence-corrected chi connectivity index (χ4v) is 12.7. The van der Waals surface area contributed by atoms with Crippen LogP contribution in [0.5, 0.6) is 0 Å².